The van der Waals surface area contributed by atoms with Gasteiger partial charge in [-0.3, -0.25) is 4.99 Å². The molecule has 2 rings (SSSR count). The molecule has 1 saturated heterocycles. The van der Waals surface area contributed by atoms with E-state index in [-0.39, 0.29) is 6.54 Å². The van der Waals surface area contributed by atoms with Crippen LogP contribution in [0.2, 0.25) is 0 Å². The Morgan fingerprint density at radius 1 is 1.40 bits per heavy atom. The van der Waals surface area contributed by atoms with Gasteiger partial charge in [-0.15, -0.1) is 0 Å². The monoisotopic (exact) mass is 349 g/mol. The van der Waals surface area contributed by atoms with Gasteiger partial charge in [0.25, 0.3) is 0 Å². The number of aliphatic hydroxyl groups excluding tert-OH is 1. The molecule has 0 spiro atoms. The first-order valence-electron chi connectivity index (χ1n) is 9.02. The van der Waals surface area contributed by atoms with Crippen molar-refractivity contribution in [1.82, 2.24) is 10.2 Å². The van der Waals surface area contributed by atoms with E-state index >= 15 is 0 Å². The molecule has 1 aromatic rings. The van der Waals surface area contributed by atoms with E-state index in [0.717, 1.165) is 25.6 Å². The van der Waals surface area contributed by atoms with E-state index in [1.807, 2.05) is 6.07 Å². The summed E-state index contributed by atoms with van der Waals surface area (Å²) in [5.41, 5.74) is 0.688. The van der Waals surface area contributed by atoms with Crippen LogP contribution >= 0.6 is 0 Å². The van der Waals surface area contributed by atoms with E-state index in [4.69, 9.17) is 9.47 Å². The molecule has 2 N–H and O–H groups in total. The predicted octanol–water partition coefficient (Wildman–Crippen LogP) is 2.43. The number of aliphatic hydroxyl groups is 1. The summed E-state index contributed by atoms with van der Waals surface area (Å²) < 4.78 is 10.6. The third-order valence-corrected chi connectivity index (χ3v) is 4.50. The van der Waals surface area contributed by atoms with Gasteiger partial charge in [-0.25, -0.2) is 0 Å². The van der Waals surface area contributed by atoms with E-state index < -0.39 is 6.10 Å². The molecular weight excluding hydrogens is 318 g/mol. The highest BCUT2D eigenvalue weighted by molar-refractivity contribution is 5.80. The number of aliphatic imine (C=N–C) groups is 1. The summed E-state index contributed by atoms with van der Waals surface area (Å²) in [5, 5.41) is 14.0. The van der Waals surface area contributed by atoms with Crippen molar-refractivity contribution in [1.29, 1.82) is 0 Å². The Hall–Kier alpha value is -1.95. The molecule has 1 aliphatic heterocycles. The van der Waals surface area contributed by atoms with Crippen LogP contribution in [0.3, 0.4) is 0 Å². The topological polar surface area (TPSA) is 66.3 Å². The van der Waals surface area contributed by atoms with E-state index in [2.05, 4.69) is 29.1 Å². The van der Waals surface area contributed by atoms with Crippen LogP contribution in [0.4, 0.5) is 0 Å². The van der Waals surface area contributed by atoms with Crippen molar-refractivity contribution in [3.8, 4) is 11.5 Å². The lowest BCUT2D eigenvalue weighted by atomic mass is 10.0. The average molecular weight is 349 g/mol. The number of hydrogen-bond acceptors (Lipinski definition) is 4. The zero-order valence-corrected chi connectivity index (χ0v) is 15.8. The van der Waals surface area contributed by atoms with Crippen molar-refractivity contribution in [2.75, 3.05) is 40.4 Å². The summed E-state index contributed by atoms with van der Waals surface area (Å²) in [6.45, 7) is 7.42. The van der Waals surface area contributed by atoms with Gasteiger partial charge >= 0.3 is 0 Å². The van der Waals surface area contributed by atoms with Crippen molar-refractivity contribution in [2.24, 2.45) is 10.9 Å². The predicted molar refractivity (Wildman–Crippen MR) is 100 cm³/mol. The van der Waals surface area contributed by atoms with Gasteiger partial charge in [-0.1, -0.05) is 6.92 Å². The molecule has 0 aromatic heterocycles. The van der Waals surface area contributed by atoms with Crippen molar-refractivity contribution in [3.63, 3.8) is 0 Å². The second-order valence-corrected chi connectivity index (χ2v) is 6.51. The molecule has 25 heavy (non-hydrogen) atoms. The lowest BCUT2D eigenvalue weighted by molar-refractivity contribution is 0.180. The molecule has 140 valence electrons. The highest BCUT2D eigenvalue weighted by atomic mass is 16.5. The molecule has 0 amide bonds. The first-order valence-corrected chi connectivity index (χ1v) is 9.02. The van der Waals surface area contributed by atoms with Gasteiger partial charge < -0.3 is 24.8 Å². The largest absolute Gasteiger partial charge is 0.497 e. The van der Waals surface area contributed by atoms with Crippen LogP contribution in [0.1, 0.15) is 38.4 Å². The third kappa shape index (κ3) is 5.26. The van der Waals surface area contributed by atoms with Crippen LogP contribution in [0.15, 0.2) is 23.2 Å². The normalized spacial score (nSPS) is 19.5. The molecule has 0 bridgehead atoms. The molecular formula is C19H31N3O3. The van der Waals surface area contributed by atoms with Crippen LogP contribution in [0.5, 0.6) is 11.5 Å². The van der Waals surface area contributed by atoms with Gasteiger partial charge in [0.2, 0.25) is 0 Å². The van der Waals surface area contributed by atoms with Crippen LogP contribution < -0.4 is 14.8 Å². The van der Waals surface area contributed by atoms with Gasteiger partial charge in [-0.05, 0) is 43.9 Å². The molecule has 6 nitrogen and oxygen atoms in total. The molecule has 2 unspecified atom stereocenters. The molecule has 0 aliphatic carbocycles. The Morgan fingerprint density at radius 3 is 2.84 bits per heavy atom. The van der Waals surface area contributed by atoms with E-state index in [1.54, 1.807) is 26.4 Å². The van der Waals surface area contributed by atoms with Crippen molar-refractivity contribution in [2.45, 2.75) is 32.8 Å². The number of nitrogens with one attached hydrogen (secondary N) is 1. The zero-order chi connectivity index (χ0) is 18.2. The second-order valence-electron chi connectivity index (χ2n) is 6.51. The Balaban J connectivity index is 2.13. The smallest absolute Gasteiger partial charge is 0.194 e. The first kappa shape index (κ1) is 19.4. The SMILES string of the molecule is CCNC(=NCC(O)c1cc(OC)ccc1OC)N1CCCC(C)C1. The fraction of sp³-hybridized carbons (Fsp3) is 0.632. The fourth-order valence-corrected chi connectivity index (χ4v) is 3.18. The molecule has 2 atom stereocenters. The number of ether oxygens (including phenoxy) is 2. The zero-order valence-electron chi connectivity index (χ0n) is 15.8. The lowest BCUT2D eigenvalue weighted by Crippen LogP contribution is -2.46. The van der Waals surface area contributed by atoms with Gasteiger partial charge in [0.15, 0.2) is 5.96 Å². The molecule has 0 radical (unpaired) electrons. The number of methoxy groups -OCH3 is 2. The number of rotatable bonds is 6. The van der Waals surface area contributed by atoms with Gasteiger partial charge in [0.1, 0.15) is 17.6 Å². The number of nitrogens with zero attached hydrogens (tertiary/aromatic N) is 2. The maximum atomic E-state index is 10.6. The quantitative estimate of drug-likeness (QED) is 0.610. The maximum Gasteiger partial charge on any atom is 0.194 e. The van der Waals surface area contributed by atoms with E-state index in [9.17, 15) is 5.11 Å². The summed E-state index contributed by atoms with van der Waals surface area (Å²) in [6, 6.07) is 5.42. The van der Waals surface area contributed by atoms with Gasteiger partial charge in [0, 0.05) is 25.2 Å². The van der Waals surface area contributed by atoms with Crippen LogP contribution in [0, 0.1) is 5.92 Å². The Labute approximate surface area is 150 Å². The number of piperidine rings is 1. The standard InChI is InChI=1S/C19H31N3O3/c1-5-20-19(22-10-6-7-14(2)13-22)21-12-17(23)16-11-15(24-3)8-9-18(16)25-4/h8-9,11,14,17,23H,5-7,10,12-13H2,1-4H3,(H,20,21). The Bertz CT molecular complexity index is 577. The number of guanidine groups is 1. The highest BCUT2D eigenvalue weighted by Gasteiger charge is 2.20. The summed E-state index contributed by atoms with van der Waals surface area (Å²) in [7, 11) is 3.21. The van der Waals surface area contributed by atoms with E-state index in [1.165, 1.54) is 12.8 Å². The van der Waals surface area contributed by atoms with Gasteiger partial charge in [0.05, 0.1) is 20.8 Å². The minimum absolute atomic E-state index is 0.275. The van der Waals surface area contributed by atoms with Gasteiger partial charge in [-0.2, -0.15) is 0 Å². The fourth-order valence-electron chi connectivity index (χ4n) is 3.18. The highest BCUT2D eigenvalue weighted by Crippen LogP contribution is 2.29. The van der Waals surface area contributed by atoms with Crippen LogP contribution in [0.25, 0.3) is 0 Å². The lowest BCUT2D eigenvalue weighted by Gasteiger charge is -2.33. The molecule has 1 fully saturated rings. The first-order chi connectivity index (χ1) is 12.1. The molecule has 1 aromatic carbocycles. The second kappa shape index (κ2) is 9.51. The summed E-state index contributed by atoms with van der Waals surface area (Å²) in [6.07, 6.45) is 1.69. The number of hydrogen-bond donors (Lipinski definition) is 2. The summed E-state index contributed by atoms with van der Waals surface area (Å²) in [5.74, 6) is 2.87. The molecule has 1 heterocycles. The Kier molecular flexibility index (Phi) is 7.37. The Morgan fingerprint density at radius 2 is 2.20 bits per heavy atom. The minimum Gasteiger partial charge on any atom is -0.497 e. The van der Waals surface area contributed by atoms with E-state index in [0.29, 0.717) is 23.0 Å². The van der Waals surface area contributed by atoms with Crippen LogP contribution in [-0.2, 0) is 0 Å². The van der Waals surface area contributed by atoms with Crippen molar-refractivity contribution >= 4 is 5.96 Å². The molecule has 1 aliphatic rings. The van der Waals surface area contributed by atoms with Crippen LogP contribution in [-0.4, -0.2) is 56.4 Å². The minimum atomic E-state index is -0.749. The molecule has 6 heteroatoms. The summed E-state index contributed by atoms with van der Waals surface area (Å²) in [4.78, 5) is 6.95. The summed E-state index contributed by atoms with van der Waals surface area (Å²) >= 11 is 0. The number of likely N-dealkylation sites (tertiary alicyclic amines) is 1. The third-order valence-electron chi connectivity index (χ3n) is 4.50. The molecule has 0 saturated carbocycles. The average Bonchev–Trinajstić information content (AvgIpc) is 2.64. The van der Waals surface area contributed by atoms with Crippen molar-refractivity contribution in [3.05, 3.63) is 23.8 Å². The number of benzene rings is 1. The maximum absolute atomic E-state index is 10.6. The van der Waals surface area contributed by atoms with Crippen molar-refractivity contribution < 1.29 is 14.6 Å².